The summed E-state index contributed by atoms with van der Waals surface area (Å²) < 4.78 is 5.70. The summed E-state index contributed by atoms with van der Waals surface area (Å²) in [5, 5.41) is 8.20. The highest BCUT2D eigenvalue weighted by Crippen LogP contribution is 2.16. The largest absolute Gasteiger partial charge is 0.376 e. The van der Waals surface area contributed by atoms with Gasteiger partial charge in [0.2, 0.25) is 0 Å². The van der Waals surface area contributed by atoms with Crippen LogP contribution in [0.3, 0.4) is 0 Å². The Bertz CT molecular complexity index is 338. The molecule has 1 aromatic heterocycles. The molecule has 1 aliphatic rings. The molecule has 0 bridgehead atoms. The first kappa shape index (κ1) is 12.6. The Morgan fingerprint density at radius 3 is 2.88 bits per heavy atom. The second-order valence-electron chi connectivity index (χ2n) is 4.39. The summed E-state index contributed by atoms with van der Waals surface area (Å²) in [6.45, 7) is 1.75. The first-order valence-electron chi connectivity index (χ1n) is 6.01. The third kappa shape index (κ3) is 3.54. The van der Waals surface area contributed by atoms with Crippen LogP contribution in [0.1, 0.15) is 25.0 Å². The van der Waals surface area contributed by atoms with Gasteiger partial charge >= 0.3 is 0 Å². The number of anilines is 1. The average molecular weight is 256 g/mol. The summed E-state index contributed by atoms with van der Waals surface area (Å²) in [6.07, 6.45) is 3.90. The molecule has 2 rings (SSSR count). The zero-order chi connectivity index (χ0) is 12.1. The minimum Gasteiger partial charge on any atom is -0.376 e. The van der Waals surface area contributed by atoms with Crippen LogP contribution in [-0.2, 0) is 10.6 Å². The second kappa shape index (κ2) is 6.17. The Hall–Kier alpha value is -0.870. The molecule has 0 aromatic carbocycles. The molecule has 1 atom stereocenters. The molecule has 17 heavy (non-hydrogen) atoms. The molecule has 1 saturated heterocycles. The van der Waals surface area contributed by atoms with Gasteiger partial charge in [-0.3, -0.25) is 0 Å². The summed E-state index contributed by atoms with van der Waals surface area (Å²) in [5.74, 6) is 1.27. The first-order chi connectivity index (χ1) is 8.29. The number of nitrogens with zero attached hydrogens (tertiary/aromatic N) is 3. The number of aromatic nitrogens is 2. The number of ether oxygens (including phenoxy) is 1. The monoisotopic (exact) mass is 255 g/mol. The van der Waals surface area contributed by atoms with E-state index in [0.717, 1.165) is 31.1 Å². The molecular formula is C12H18ClN3O. The van der Waals surface area contributed by atoms with Crippen LogP contribution >= 0.6 is 11.6 Å². The molecule has 1 fully saturated rings. The van der Waals surface area contributed by atoms with Crippen molar-refractivity contribution in [2.75, 3.05) is 25.1 Å². The summed E-state index contributed by atoms with van der Waals surface area (Å²) in [6, 6.07) is 3.86. The molecule has 94 valence electrons. The van der Waals surface area contributed by atoms with E-state index >= 15 is 0 Å². The summed E-state index contributed by atoms with van der Waals surface area (Å²) in [4.78, 5) is 2.08. The van der Waals surface area contributed by atoms with Gasteiger partial charge in [-0.15, -0.1) is 16.7 Å². The lowest BCUT2D eigenvalue weighted by atomic mass is 10.1. The number of rotatable bonds is 4. The van der Waals surface area contributed by atoms with Crippen molar-refractivity contribution >= 4 is 17.4 Å². The first-order valence-corrected chi connectivity index (χ1v) is 6.54. The molecule has 1 aromatic rings. The lowest BCUT2D eigenvalue weighted by Crippen LogP contribution is -2.33. The highest BCUT2D eigenvalue weighted by molar-refractivity contribution is 6.16. The Labute approximate surface area is 107 Å². The summed E-state index contributed by atoms with van der Waals surface area (Å²) in [5.41, 5.74) is 0.803. The fourth-order valence-electron chi connectivity index (χ4n) is 1.98. The van der Waals surface area contributed by atoms with Crippen LogP contribution in [0.25, 0.3) is 0 Å². The van der Waals surface area contributed by atoms with Gasteiger partial charge in [0.05, 0.1) is 17.7 Å². The second-order valence-corrected chi connectivity index (χ2v) is 4.65. The minimum atomic E-state index is 0.322. The van der Waals surface area contributed by atoms with E-state index in [1.54, 1.807) is 0 Å². The van der Waals surface area contributed by atoms with Crippen LogP contribution in [0.4, 0.5) is 5.82 Å². The number of hydrogen-bond donors (Lipinski definition) is 0. The van der Waals surface area contributed by atoms with Crippen molar-refractivity contribution in [2.45, 2.75) is 31.2 Å². The van der Waals surface area contributed by atoms with Gasteiger partial charge in [-0.1, -0.05) is 0 Å². The van der Waals surface area contributed by atoms with Crippen molar-refractivity contribution in [1.29, 1.82) is 0 Å². The van der Waals surface area contributed by atoms with E-state index < -0.39 is 0 Å². The smallest absolute Gasteiger partial charge is 0.151 e. The summed E-state index contributed by atoms with van der Waals surface area (Å²) in [7, 11) is 2.02. The van der Waals surface area contributed by atoms with E-state index in [9.17, 15) is 0 Å². The third-order valence-corrected chi connectivity index (χ3v) is 3.26. The van der Waals surface area contributed by atoms with E-state index in [1.165, 1.54) is 12.8 Å². The number of hydrogen-bond acceptors (Lipinski definition) is 4. The molecule has 0 spiro atoms. The van der Waals surface area contributed by atoms with Gasteiger partial charge < -0.3 is 9.64 Å². The van der Waals surface area contributed by atoms with Crippen molar-refractivity contribution in [3.8, 4) is 0 Å². The van der Waals surface area contributed by atoms with E-state index in [0.29, 0.717) is 12.0 Å². The van der Waals surface area contributed by atoms with Gasteiger partial charge in [-0.25, -0.2) is 0 Å². The van der Waals surface area contributed by atoms with Crippen LogP contribution in [0.15, 0.2) is 12.1 Å². The Morgan fingerprint density at radius 2 is 2.29 bits per heavy atom. The third-order valence-electron chi connectivity index (χ3n) is 2.99. The molecular weight excluding hydrogens is 238 g/mol. The quantitative estimate of drug-likeness (QED) is 0.774. The van der Waals surface area contributed by atoms with Gasteiger partial charge in [0.15, 0.2) is 5.82 Å². The SMILES string of the molecule is CN(CC1CCCCO1)c1ccc(CCl)nn1. The molecule has 2 heterocycles. The van der Waals surface area contributed by atoms with Crippen molar-refractivity contribution in [3.63, 3.8) is 0 Å². The maximum Gasteiger partial charge on any atom is 0.151 e. The molecule has 0 radical (unpaired) electrons. The average Bonchev–Trinajstić information content (AvgIpc) is 2.40. The van der Waals surface area contributed by atoms with E-state index in [4.69, 9.17) is 16.3 Å². The predicted molar refractivity (Wildman–Crippen MR) is 68.5 cm³/mol. The Kier molecular flexibility index (Phi) is 4.57. The molecule has 5 heteroatoms. The zero-order valence-corrected chi connectivity index (χ0v) is 10.9. The molecule has 0 N–H and O–H groups in total. The van der Waals surface area contributed by atoms with Gasteiger partial charge in [-0.2, -0.15) is 5.10 Å². The lowest BCUT2D eigenvalue weighted by molar-refractivity contribution is 0.0215. The number of likely N-dealkylation sites (N-methyl/N-ethyl adjacent to an activating group) is 1. The molecule has 4 nitrogen and oxygen atoms in total. The fraction of sp³-hybridized carbons (Fsp3) is 0.667. The highest BCUT2D eigenvalue weighted by atomic mass is 35.5. The van der Waals surface area contributed by atoms with Crippen molar-refractivity contribution in [3.05, 3.63) is 17.8 Å². The number of halogens is 1. The molecule has 1 unspecified atom stereocenters. The minimum absolute atomic E-state index is 0.322. The lowest BCUT2D eigenvalue weighted by Gasteiger charge is -2.27. The van der Waals surface area contributed by atoms with E-state index in [-0.39, 0.29) is 0 Å². The maximum atomic E-state index is 5.70. The standard InChI is InChI=1S/C12H18ClN3O/c1-16(9-11-4-2-3-7-17-11)12-6-5-10(8-13)14-15-12/h5-6,11H,2-4,7-9H2,1H3. The zero-order valence-electron chi connectivity index (χ0n) is 10.1. The van der Waals surface area contributed by atoms with Gasteiger partial charge in [0.1, 0.15) is 0 Å². The van der Waals surface area contributed by atoms with Crippen LogP contribution in [0.2, 0.25) is 0 Å². The maximum absolute atomic E-state index is 5.70. The predicted octanol–water partition coefficient (Wildman–Crippen LogP) is 2.22. The fourth-order valence-corrected chi connectivity index (χ4v) is 2.12. The van der Waals surface area contributed by atoms with Crippen molar-refractivity contribution < 1.29 is 4.74 Å². The highest BCUT2D eigenvalue weighted by Gasteiger charge is 2.16. The van der Waals surface area contributed by atoms with Gasteiger partial charge in [-0.05, 0) is 31.4 Å². The van der Waals surface area contributed by atoms with Crippen molar-refractivity contribution in [2.24, 2.45) is 0 Å². The van der Waals surface area contributed by atoms with Gasteiger partial charge in [0, 0.05) is 20.2 Å². The summed E-state index contributed by atoms with van der Waals surface area (Å²) >= 11 is 5.68. The number of alkyl halides is 1. The molecule has 0 amide bonds. The van der Waals surface area contributed by atoms with Crippen LogP contribution < -0.4 is 4.90 Å². The van der Waals surface area contributed by atoms with Gasteiger partial charge in [0.25, 0.3) is 0 Å². The molecule has 0 saturated carbocycles. The Morgan fingerprint density at radius 1 is 1.41 bits per heavy atom. The van der Waals surface area contributed by atoms with Crippen LogP contribution in [-0.4, -0.2) is 36.5 Å². The Balaban J connectivity index is 1.91. The molecule has 0 aliphatic carbocycles. The normalized spacial score (nSPS) is 20.2. The van der Waals surface area contributed by atoms with Crippen LogP contribution in [0, 0.1) is 0 Å². The molecule has 1 aliphatic heterocycles. The van der Waals surface area contributed by atoms with E-state index in [2.05, 4.69) is 15.1 Å². The van der Waals surface area contributed by atoms with E-state index in [1.807, 2.05) is 19.2 Å². The van der Waals surface area contributed by atoms with Crippen molar-refractivity contribution in [1.82, 2.24) is 10.2 Å². The topological polar surface area (TPSA) is 38.2 Å². The van der Waals surface area contributed by atoms with Crippen LogP contribution in [0.5, 0.6) is 0 Å².